The summed E-state index contributed by atoms with van der Waals surface area (Å²) in [6, 6.07) is 11.3. The predicted octanol–water partition coefficient (Wildman–Crippen LogP) is 3.81. The molecule has 3 aromatic rings. The van der Waals surface area contributed by atoms with Crippen molar-refractivity contribution in [1.82, 2.24) is 5.32 Å². The molecule has 0 spiro atoms. The van der Waals surface area contributed by atoms with Crippen molar-refractivity contribution in [2.75, 3.05) is 0 Å². The lowest BCUT2D eigenvalue weighted by Crippen LogP contribution is -2.21. The van der Waals surface area contributed by atoms with Crippen molar-refractivity contribution in [2.45, 2.75) is 33.2 Å². The van der Waals surface area contributed by atoms with Gasteiger partial charge in [0.2, 0.25) is 5.76 Å². The van der Waals surface area contributed by atoms with E-state index in [0.717, 1.165) is 23.1 Å². The largest absolute Gasteiger partial charge is 0.450 e. The van der Waals surface area contributed by atoms with Gasteiger partial charge in [0.1, 0.15) is 5.58 Å². The number of fused-ring (bicyclic) bond motifs is 2. The highest BCUT2D eigenvalue weighted by molar-refractivity contribution is 5.99. The molecule has 0 fully saturated rings. The average molecular weight is 333 g/mol. The van der Waals surface area contributed by atoms with Crippen LogP contribution in [0.1, 0.15) is 51.3 Å². The van der Waals surface area contributed by atoms with Crippen molar-refractivity contribution >= 4 is 16.9 Å². The zero-order valence-corrected chi connectivity index (χ0v) is 14.5. The fourth-order valence-corrected chi connectivity index (χ4v) is 3.56. The number of carbonyl (C=O) groups excluding carboxylic acids is 1. The summed E-state index contributed by atoms with van der Waals surface area (Å²) in [7, 11) is 0. The monoisotopic (exact) mass is 333 g/mol. The molecule has 4 nitrogen and oxygen atoms in total. The van der Waals surface area contributed by atoms with Crippen molar-refractivity contribution in [3.05, 3.63) is 80.2 Å². The molecule has 4 rings (SSSR count). The summed E-state index contributed by atoms with van der Waals surface area (Å²) in [6.45, 7) is 5.93. The zero-order valence-electron chi connectivity index (χ0n) is 14.5. The van der Waals surface area contributed by atoms with Gasteiger partial charge in [-0.15, -0.1) is 0 Å². The second-order valence-electron chi connectivity index (χ2n) is 6.63. The van der Waals surface area contributed by atoms with E-state index in [1.54, 1.807) is 0 Å². The first kappa shape index (κ1) is 15.6. The van der Waals surface area contributed by atoms with Gasteiger partial charge in [0.25, 0.3) is 5.91 Å². The number of amides is 1. The van der Waals surface area contributed by atoms with Gasteiger partial charge in [-0.25, -0.2) is 0 Å². The molecule has 1 unspecified atom stereocenters. The van der Waals surface area contributed by atoms with Crippen LogP contribution in [-0.4, -0.2) is 5.91 Å². The van der Waals surface area contributed by atoms with Crippen LogP contribution in [0.25, 0.3) is 11.0 Å². The molecule has 0 radical (unpaired) electrons. The zero-order chi connectivity index (χ0) is 17.7. The van der Waals surface area contributed by atoms with Gasteiger partial charge in [0.15, 0.2) is 5.43 Å². The SMILES string of the molecule is CCc1ccc(C2NC(=O)c3oc4c(C)cc(C)cc4c(=O)c32)cc1. The molecule has 25 heavy (non-hydrogen) atoms. The first-order chi connectivity index (χ1) is 12.0. The molecule has 1 aliphatic rings. The van der Waals surface area contributed by atoms with Crippen molar-refractivity contribution in [2.24, 2.45) is 0 Å². The molecule has 2 aromatic carbocycles. The quantitative estimate of drug-likeness (QED) is 0.776. The lowest BCUT2D eigenvalue weighted by molar-refractivity contribution is 0.0938. The maximum atomic E-state index is 13.1. The van der Waals surface area contributed by atoms with E-state index in [0.29, 0.717) is 16.5 Å². The highest BCUT2D eigenvalue weighted by Gasteiger charge is 2.36. The highest BCUT2D eigenvalue weighted by atomic mass is 16.3. The molecule has 2 heterocycles. The molecule has 1 aromatic heterocycles. The molecule has 1 N–H and O–H groups in total. The standard InChI is InChI=1S/C21H19NO3/c1-4-13-5-7-14(8-6-13)17-16-18(23)15-10-11(2)9-12(3)19(15)25-20(16)21(24)22-17/h5-10,17H,4H2,1-3H3,(H,22,24). The molecule has 4 heteroatoms. The number of hydrogen-bond donors (Lipinski definition) is 1. The molecule has 1 atom stereocenters. The maximum absolute atomic E-state index is 13.1. The maximum Gasteiger partial charge on any atom is 0.288 e. The summed E-state index contributed by atoms with van der Waals surface area (Å²) in [5.41, 5.74) is 4.73. The Hall–Kier alpha value is -2.88. The Morgan fingerprint density at radius 1 is 1.08 bits per heavy atom. The summed E-state index contributed by atoms with van der Waals surface area (Å²) in [5.74, 6) is -0.201. The lowest BCUT2D eigenvalue weighted by Gasteiger charge is -2.12. The first-order valence-corrected chi connectivity index (χ1v) is 8.47. The molecular formula is C21H19NO3. The van der Waals surface area contributed by atoms with Crippen LogP contribution in [0.3, 0.4) is 0 Å². The number of hydrogen-bond acceptors (Lipinski definition) is 3. The van der Waals surface area contributed by atoms with E-state index >= 15 is 0 Å². The van der Waals surface area contributed by atoms with Crippen molar-refractivity contribution in [1.29, 1.82) is 0 Å². The Balaban J connectivity index is 1.96. The molecule has 1 amide bonds. The second kappa shape index (κ2) is 5.59. The fraction of sp³-hybridized carbons (Fsp3) is 0.238. The van der Waals surface area contributed by atoms with E-state index in [1.807, 2.05) is 50.2 Å². The normalized spacial score (nSPS) is 16.1. The molecule has 0 aliphatic carbocycles. The minimum atomic E-state index is -0.463. The van der Waals surface area contributed by atoms with Gasteiger partial charge in [-0.1, -0.05) is 37.3 Å². The van der Waals surface area contributed by atoms with Crippen LogP contribution >= 0.6 is 0 Å². The van der Waals surface area contributed by atoms with E-state index in [2.05, 4.69) is 12.2 Å². The smallest absolute Gasteiger partial charge is 0.288 e. The number of carbonyl (C=O) groups is 1. The number of rotatable bonds is 2. The highest BCUT2D eigenvalue weighted by Crippen LogP contribution is 2.32. The third-order valence-electron chi connectivity index (χ3n) is 4.85. The number of benzene rings is 2. The predicted molar refractivity (Wildman–Crippen MR) is 97.1 cm³/mol. The Labute approximate surface area is 145 Å². The van der Waals surface area contributed by atoms with Gasteiger partial charge in [-0.2, -0.15) is 0 Å². The van der Waals surface area contributed by atoms with Gasteiger partial charge < -0.3 is 9.73 Å². The Bertz CT molecular complexity index is 1060. The third-order valence-corrected chi connectivity index (χ3v) is 4.85. The van der Waals surface area contributed by atoms with E-state index < -0.39 is 6.04 Å². The summed E-state index contributed by atoms with van der Waals surface area (Å²) in [5, 5.41) is 3.42. The van der Waals surface area contributed by atoms with E-state index in [9.17, 15) is 9.59 Å². The number of aryl methyl sites for hydroxylation is 3. The van der Waals surface area contributed by atoms with Gasteiger partial charge >= 0.3 is 0 Å². The molecular weight excluding hydrogens is 314 g/mol. The molecule has 126 valence electrons. The third kappa shape index (κ3) is 2.37. The Morgan fingerprint density at radius 3 is 2.48 bits per heavy atom. The van der Waals surface area contributed by atoms with Crippen molar-refractivity contribution < 1.29 is 9.21 Å². The van der Waals surface area contributed by atoms with Crippen molar-refractivity contribution in [3.63, 3.8) is 0 Å². The Kier molecular flexibility index (Phi) is 3.49. The topological polar surface area (TPSA) is 59.3 Å². The fourth-order valence-electron chi connectivity index (χ4n) is 3.56. The Morgan fingerprint density at radius 2 is 1.80 bits per heavy atom. The summed E-state index contributed by atoms with van der Waals surface area (Å²) >= 11 is 0. The van der Waals surface area contributed by atoms with Crippen LogP contribution in [0.2, 0.25) is 0 Å². The minimum absolute atomic E-state index is 0.133. The van der Waals surface area contributed by atoms with E-state index in [1.165, 1.54) is 5.56 Å². The first-order valence-electron chi connectivity index (χ1n) is 8.47. The van der Waals surface area contributed by atoms with Gasteiger partial charge in [-0.05, 0) is 48.6 Å². The molecule has 1 aliphatic heterocycles. The van der Waals surface area contributed by atoms with E-state index in [4.69, 9.17) is 4.42 Å². The summed E-state index contributed by atoms with van der Waals surface area (Å²) in [4.78, 5) is 25.5. The van der Waals surface area contributed by atoms with Crippen LogP contribution in [-0.2, 0) is 6.42 Å². The van der Waals surface area contributed by atoms with Crippen molar-refractivity contribution in [3.8, 4) is 0 Å². The van der Waals surface area contributed by atoms with Gasteiger partial charge in [-0.3, -0.25) is 9.59 Å². The lowest BCUT2D eigenvalue weighted by atomic mass is 9.97. The average Bonchev–Trinajstić information content (AvgIpc) is 2.93. The summed E-state index contributed by atoms with van der Waals surface area (Å²) in [6.07, 6.45) is 0.944. The van der Waals surface area contributed by atoms with Crippen LogP contribution in [0.4, 0.5) is 0 Å². The van der Waals surface area contributed by atoms with Crippen LogP contribution in [0, 0.1) is 13.8 Å². The van der Waals surface area contributed by atoms with Crippen LogP contribution in [0.5, 0.6) is 0 Å². The summed E-state index contributed by atoms with van der Waals surface area (Å²) < 4.78 is 5.87. The van der Waals surface area contributed by atoms with Gasteiger partial charge in [0, 0.05) is 0 Å². The van der Waals surface area contributed by atoms with Gasteiger partial charge in [0.05, 0.1) is 17.0 Å². The van der Waals surface area contributed by atoms with E-state index in [-0.39, 0.29) is 17.1 Å². The molecule has 0 bridgehead atoms. The van der Waals surface area contributed by atoms with Crippen LogP contribution in [0.15, 0.2) is 45.6 Å². The second-order valence-corrected chi connectivity index (χ2v) is 6.63. The number of nitrogens with one attached hydrogen (secondary N) is 1. The minimum Gasteiger partial charge on any atom is -0.450 e. The van der Waals surface area contributed by atoms with Crippen LogP contribution < -0.4 is 10.7 Å². The molecule has 0 saturated carbocycles. The molecule has 0 saturated heterocycles.